The number of rotatable bonds is 14. The van der Waals surface area contributed by atoms with E-state index < -0.39 is 0 Å². The van der Waals surface area contributed by atoms with Crippen LogP contribution >= 0.6 is 0 Å². The van der Waals surface area contributed by atoms with Crippen LogP contribution in [-0.2, 0) is 12.8 Å². The van der Waals surface area contributed by atoms with E-state index in [0.29, 0.717) is 11.1 Å². The van der Waals surface area contributed by atoms with Crippen molar-refractivity contribution >= 4 is 10.8 Å². The van der Waals surface area contributed by atoms with E-state index in [1.165, 1.54) is 88.2 Å². The van der Waals surface area contributed by atoms with Crippen molar-refractivity contribution in [1.82, 2.24) is 0 Å². The van der Waals surface area contributed by atoms with Gasteiger partial charge in [-0.3, -0.25) is 0 Å². The number of phenols is 2. The van der Waals surface area contributed by atoms with Crippen molar-refractivity contribution in [2.45, 2.75) is 104 Å². The molecule has 2 heteroatoms. The zero-order valence-electron chi connectivity index (χ0n) is 26.7. The number of hydrogen-bond acceptors (Lipinski definition) is 2. The van der Waals surface area contributed by atoms with Crippen LogP contribution in [0, 0.1) is 23.7 Å². The van der Waals surface area contributed by atoms with Crippen LogP contribution in [0.15, 0.2) is 72.8 Å². The van der Waals surface area contributed by atoms with Gasteiger partial charge in [0.1, 0.15) is 11.5 Å². The largest absolute Gasteiger partial charge is 0.507 e. The van der Waals surface area contributed by atoms with Crippen molar-refractivity contribution in [2.75, 3.05) is 0 Å². The van der Waals surface area contributed by atoms with Crippen LogP contribution in [0.25, 0.3) is 10.8 Å². The molecule has 0 aliphatic heterocycles. The number of aromatic hydroxyl groups is 2. The van der Waals surface area contributed by atoms with Gasteiger partial charge in [0.05, 0.1) is 11.1 Å². The van der Waals surface area contributed by atoms with Crippen molar-refractivity contribution in [3.63, 3.8) is 0 Å². The molecule has 2 nitrogen and oxygen atoms in total. The van der Waals surface area contributed by atoms with E-state index in [1.54, 1.807) is 24.3 Å². The van der Waals surface area contributed by atoms with Gasteiger partial charge in [0.2, 0.25) is 0 Å². The third-order valence-corrected chi connectivity index (χ3v) is 8.37. The number of phenolic OH excluding ortho intramolecular Hbond substituents is 2. The maximum atomic E-state index is 10.7. The average Bonchev–Trinajstić information content (AvgIpc) is 3.04. The molecule has 0 aliphatic carbocycles. The Morgan fingerprint density at radius 2 is 0.773 bits per heavy atom. The number of benzene rings is 4. The second-order valence-corrected chi connectivity index (χ2v) is 11.9. The molecule has 0 bridgehead atoms. The third kappa shape index (κ3) is 9.96. The maximum absolute atomic E-state index is 10.7. The van der Waals surface area contributed by atoms with E-state index in [9.17, 15) is 10.2 Å². The average molecular weight is 585 g/mol. The van der Waals surface area contributed by atoms with Crippen LogP contribution in [0.4, 0.5) is 0 Å². The van der Waals surface area contributed by atoms with Gasteiger partial charge in [-0.05, 0) is 85.3 Å². The van der Waals surface area contributed by atoms with Crippen molar-refractivity contribution in [3.8, 4) is 35.2 Å². The van der Waals surface area contributed by atoms with Gasteiger partial charge < -0.3 is 10.2 Å². The zero-order chi connectivity index (χ0) is 31.0. The lowest BCUT2D eigenvalue weighted by Gasteiger charge is -2.07. The molecule has 228 valence electrons. The lowest BCUT2D eigenvalue weighted by atomic mass is 9.98. The van der Waals surface area contributed by atoms with E-state index in [-0.39, 0.29) is 11.5 Å². The molecule has 0 unspecified atom stereocenters. The van der Waals surface area contributed by atoms with Crippen LogP contribution in [0.2, 0.25) is 0 Å². The molecule has 4 aromatic carbocycles. The van der Waals surface area contributed by atoms with Crippen molar-refractivity contribution in [1.29, 1.82) is 0 Å². The first-order chi connectivity index (χ1) is 21.6. The normalized spacial score (nSPS) is 10.7. The third-order valence-electron chi connectivity index (χ3n) is 8.37. The summed E-state index contributed by atoms with van der Waals surface area (Å²) in [5, 5.41) is 23.0. The van der Waals surface area contributed by atoms with Gasteiger partial charge in [-0.2, -0.15) is 0 Å². The molecule has 0 saturated carbocycles. The highest BCUT2D eigenvalue weighted by atomic mass is 16.3. The lowest BCUT2D eigenvalue weighted by molar-refractivity contribution is 0.472. The Hall–Kier alpha value is -4.14. The molecule has 0 fully saturated rings. The first kappa shape index (κ1) is 32.8. The Morgan fingerprint density at radius 3 is 1.16 bits per heavy atom. The first-order valence-corrected chi connectivity index (χ1v) is 16.8. The van der Waals surface area contributed by atoms with Crippen molar-refractivity contribution in [2.24, 2.45) is 0 Å². The van der Waals surface area contributed by atoms with E-state index in [0.717, 1.165) is 34.7 Å². The van der Waals surface area contributed by atoms with E-state index in [1.807, 2.05) is 0 Å². The van der Waals surface area contributed by atoms with Crippen LogP contribution in [0.3, 0.4) is 0 Å². The minimum atomic E-state index is 0.121. The number of hydrogen-bond donors (Lipinski definition) is 2. The number of unbranched alkanes of at least 4 members (excludes halogenated alkanes) is 10. The Morgan fingerprint density at radius 1 is 0.409 bits per heavy atom. The molecule has 0 aliphatic rings. The number of fused-ring (bicyclic) bond motifs is 1. The predicted octanol–water partition coefficient (Wildman–Crippen LogP) is 10.9. The summed E-state index contributed by atoms with van der Waals surface area (Å²) in [5.41, 5.74) is 5.58. The monoisotopic (exact) mass is 584 g/mol. The molecule has 44 heavy (non-hydrogen) atoms. The van der Waals surface area contributed by atoms with Gasteiger partial charge in [-0.15, -0.1) is 0 Å². The fraction of sp³-hybridized carbons (Fsp3) is 0.381. The topological polar surface area (TPSA) is 40.5 Å². The van der Waals surface area contributed by atoms with Crippen LogP contribution in [0.5, 0.6) is 11.5 Å². The fourth-order valence-corrected chi connectivity index (χ4v) is 5.64. The Kier molecular flexibility index (Phi) is 13.3. The van der Waals surface area contributed by atoms with E-state index in [4.69, 9.17) is 0 Å². The summed E-state index contributed by atoms with van der Waals surface area (Å²) in [5.74, 6) is 13.1. The molecule has 0 spiro atoms. The lowest BCUT2D eigenvalue weighted by Crippen LogP contribution is -1.88. The van der Waals surface area contributed by atoms with Gasteiger partial charge in [-0.25, -0.2) is 0 Å². The molecule has 0 heterocycles. The van der Waals surface area contributed by atoms with Crippen LogP contribution < -0.4 is 0 Å². The smallest absolute Gasteiger partial charge is 0.131 e. The second kappa shape index (κ2) is 17.9. The quantitative estimate of drug-likeness (QED) is 0.114. The first-order valence-electron chi connectivity index (χ1n) is 16.8. The minimum absolute atomic E-state index is 0.121. The highest BCUT2D eigenvalue weighted by molar-refractivity contribution is 5.96. The number of aryl methyl sites for hydroxylation is 2. The molecule has 0 aromatic heterocycles. The van der Waals surface area contributed by atoms with Gasteiger partial charge in [0.25, 0.3) is 0 Å². The molecule has 0 radical (unpaired) electrons. The van der Waals surface area contributed by atoms with Crippen LogP contribution in [-0.4, -0.2) is 10.2 Å². The van der Waals surface area contributed by atoms with Gasteiger partial charge in [0.15, 0.2) is 0 Å². The van der Waals surface area contributed by atoms with E-state index in [2.05, 4.69) is 86.1 Å². The highest BCUT2D eigenvalue weighted by Crippen LogP contribution is 2.33. The van der Waals surface area contributed by atoms with E-state index >= 15 is 0 Å². The predicted molar refractivity (Wildman–Crippen MR) is 186 cm³/mol. The van der Waals surface area contributed by atoms with Crippen molar-refractivity contribution < 1.29 is 10.2 Å². The molecular weight excluding hydrogens is 536 g/mol. The summed E-state index contributed by atoms with van der Waals surface area (Å²) < 4.78 is 0. The molecule has 4 aromatic rings. The Bertz CT molecular complexity index is 1470. The van der Waals surface area contributed by atoms with Gasteiger partial charge in [0, 0.05) is 21.9 Å². The summed E-state index contributed by atoms with van der Waals surface area (Å²) in [7, 11) is 0. The summed E-state index contributed by atoms with van der Waals surface area (Å²) in [6, 6.07) is 23.8. The second-order valence-electron chi connectivity index (χ2n) is 11.9. The molecule has 0 amide bonds. The summed E-state index contributed by atoms with van der Waals surface area (Å²) in [4.78, 5) is 0. The maximum Gasteiger partial charge on any atom is 0.131 e. The van der Waals surface area contributed by atoms with Gasteiger partial charge in [-0.1, -0.05) is 126 Å². The molecule has 4 rings (SSSR count). The molecule has 0 atom stereocenters. The Labute approximate surface area is 265 Å². The molecular formula is C42H48O2. The summed E-state index contributed by atoms with van der Waals surface area (Å²) in [6.45, 7) is 4.50. The van der Waals surface area contributed by atoms with Crippen LogP contribution in [0.1, 0.15) is 124 Å². The molecule has 2 N–H and O–H groups in total. The summed E-state index contributed by atoms with van der Waals surface area (Å²) in [6.07, 6.45) is 17.8. The Balaban J connectivity index is 1.44. The van der Waals surface area contributed by atoms with Crippen molar-refractivity contribution in [3.05, 3.63) is 106 Å². The molecule has 0 saturated heterocycles. The highest BCUT2D eigenvalue weighted by Gasteiger charge is 2.11. The SMILES string of the molecule is CCCCCCCCc1ccc(C#Cc2c(O)ccc3c(C#Cc4ccc(CCCCCCCC)cc4)c(O)ccc23)cc1. The standard InChI is InChI=1S/C42H48O2/c1-3-5-7-9-11-13-15-33-17-21-35(22-18-33)25-27-39-37-29-32-42(44)40(38(37)30-31-41(39)43)28-26-36-23-19-34(20-24-36)16-14-12-10-8-6-4-2/h17-24,29-32,43-44H,3-16H2,1-2H3. The van der Waals surface area contributed by atoms with Gasteiger partial charge >= 0.3 is 0 Å². The zero-order valence-corrected chi connectivity index (χ0v) is 26.7. The minimum Gasteiger partial charge on any atom is -0.507 e. The summed E-state index contributed by atoms with van der Waals surface area (Å²) >= 11 is 0. The fourth-order valence-electron chi connectivity index (χ4n) is 5.64.